The minimum atomic E-state index is -0.989. The molecule has 0 aromatic heterocycles. The average molecular weight is 269 g/mol. The molecule has 0 unspecified atom stereocenters. The smallest absolute Gasteiger partial charge is 0.305 e. The van der Waals surface area contributed by atoms with Crippen LogP contribution in [-0.2, 0) is 9.59 Å². The fourth-order valence-corrected chi connectivity index (χ4v) is 2.05. The number of carboxylic acids is 1. The minimum absolute atomic E-state index is 0.0588. The monoisotopic (exact) mass is 269 g/mol. The van der Waals surface area contributed by atoms with Crippen molar-refractivity contribution in [3.8, 4) is 0 Å². The van der Waals surface area contributed by atoms with E-state index in [9.17, 15) is 18.4 Å². The van der Waals surface area contributed by atoms with E-state index in [0.29, 0.717) is 12.0 Å². The third-order valence-electron chi connectivity index (χ3n) is 3.13. The van der Waals surface area contributed by atoms with Gasteiger partial charge in [0.1, 0.15) is 11.6 Å². The van der Waals surface area contributed by atoms with Crippen LogP contribution in [0.15, 0.2) is 18.2 Å². The first-order valence-corrected chi connectivity index (χ1v) is 5.93. The van der Waals surface area contributed by atoms with Crippen LogP contribution in [0, 0.1) is 17.6 Å². The number of carbonyl (C=O) groups excluding carboxylic acids is 1. The second kappa shape index (κ2) is 5.34. The highest BCUT2D eigenvalue weighted by Gasteiger charge is 2.45. The number of amides is 1. The van der Waals surface area contributed by atoms with Crippen LogP contribution >= 0.6 is 0 Å². The molecule has 1 aliphatic carbocycles. The Labute approximate surface area is 108 Å². The Kier molecular flexibility index (Phi) is 3.78. The predicted molar refractivity (Wildman–Crippen MR) is 62.5 cm³/mol. The Bertz CT molecular complexity index is 519. The van der Waals surface area contributed by atoms with Gasteiger partial charge in [-0.15, -0.1) is 0 Å². The highest BCUT2D eigenvalue weighted by atomic mass is 19.1. The highest BCUT2D eigenvalue weighted by Crippen LogP contribution is 2.48. The number of nitrogens with one attached hydrogen (secondary N) is 1. The lowest BCUT2D eigenvalue weighted by atomic mass is 10.1. The Balaban J connectivity index is 1.89. The van der Waals surface area contributed by atoms with E-state index in [0.717, 1.165) is 12.1 Å². The summed E-state index contributed by atoms with van der Waals surface area (Å²) in [7, 11) is 0. The molecule has 1 saturated carbocycles. The molecule has 1 aliphatic rings. The van der Waals surface area contributed by atoms with Gasteiger partial charge in [0, 0.05) is 18.5 Å². The summed E-state index contributed by atoms with van der Waals surface area (Å²) in [6.07, 6.45) is 0.357. The van der Waals surface area contributed by atoms with Gasteiger partial charge in [-0.05, 0) is 24.0 Å². The number of rotatable bonds is 5. The number of hydrogen-bond acceptors (Lipinski definition) is 2. The number of aliphatic carboxylic acids is 1. The predicted octanol–water partition coefficient (Wildman–Crippen LogP) is 1.66. The topological polar surface area (TPSA) is 66.4 Å². The largest absolute Gasteiger partial charge is 0.481 e. The molecule has 1 amide bonds. The van der Waals surface area contributed by atoms with E-state index in [2.05, 4.69) is 5.32 Å². The molecule has 0 aliphatic heterocycles. The zero-order valence-electron chi connectivity index (χ0n) is 10.0. The Morgan fingerprint density at radius 3 is 2.74 bits per heavy atom. The molecule has 0 bridgehead atoms. The van der Waals surface area contributed by atoms with Crippen molar-refractivity contribution in [2.45, 2.75) is 18.8 Å². The summed E-state index contributed by atoms with van der Waals surface area (Å²) in [6.45, 7) is 0.0588. The van der Waals surface area contributed by atoms with Crippen molar-refractivity contribution in [1.29, 1.82) is 0 Å². The maximum Gasteiger partial charge on any atom is 0.305 e. The van der Waals surface area contributed by atoms with Crippen molar-refractivity contribution in [2.75, 3.05) is 6.54 Å². The summed E-state index contributed by atoms with van der Waals surface area (Å²) in [5, 5.41) is 10.9. The Morgan fingerprint density at radius 2 is 2.11 bits per heavy atom. The molecule has 0 spiro atoms. The van der Waals surface area contributed by atoms with Crippen LogP contribution in [0.3, 0.4) is 0 Å². The Hall–Kier alpha value is -1.98. The van der Waals surface area contributed by atoms with Crippen molar-refractivity contribution < 1.29 is 23.5 Å². The molecule has 1 aromatic carbocycles. The molecule has 0 radical (unpaired) electrons. The number of hydrogen-bond donors (Lipinski definition) is 2. The average Bonchev–Trinajstić information content (AvgIpc) is 3.08. The van der Waals surface area contributed by atoms with Crippen LogP contribution in [0.2, 0.25) is 0 Å². The molecule has 2 N–H and O–H groups in total. The lowest BCUT2D eigenvalue weighted by molar-refractivity contribution is -0.136. The molecule has 1 fully saturated rings. The molecule has 102 valence electrons. The van der Waals surface area contributed by atoms with E-state index in [1.165, 1.54) is 6.07 Å². The summed E-state index contributed by atoms with van der Waals surface area (Å²) in [6, 6.07) is 3.31. The molecule has 1 aromatic rings. The molecule has 6 heteroatoms. The molecular weight excluding hydrogens is 256 g/mol. The molecule has 19 heavy (non-hydrogen) atoms. The molecule has 0 saturated heterocycles. The van der Waals surface area contributed by atoms with E-state index in [4.69, 9.17) is 5.11 Å². The summed E-state index contributed by atoms with van der Waals surface area (Å²) in [5.74, 6) is -3.17. The van der Waals surface area contributed by atoms with Crippen molar-refractivity contribution >= 4 is 11.9 Å². The van der Waals surface area contributed by atoms with Gasteiger partial charge in [-0.1, -0.05) is 6.07 Å². The lowest BCUT2D eigenvalue weighted by Crippen LogP contribution is -2.27. The van der Waals surface area contributed by atoms with Crippen molar-refractivity contribution in [1.82, 2.24) is 5.32 Å². The van der Waals surface area contributed by atoms with E-state index in [1.54, 1.807) is 0 Å². The van der Waals surface area contributed by atoms with Crippen LogP contribution < -0.4 is 5.32 Å². The van der Waals surface area contributed by atoms with E-state index < -0.39 is 17.6 Å². The van der Waals surface area contributed by atoms with Gasteiger partial charge < -0.3 is 10.4 Å². The highest BCUT2D eigenvalue weighted by molar-refractivity contribution is 5.83. The van der Waals surface area contributed by atoms with Crippen molar-refractivity contribution in [3.05, 3.63) is 35.4 Å². The van der Waals surface area contributed by atoms with E-state index in [1.807, 2.05) is 0 Å². The quantitative estimate of drug-likeness (QED) is 0.854. The summed E-state index contributed by atoms with van der Waals surface area (Å²) in [5.41, 5.74) is 0.333. The van der Waals surface area contributed by atoms with Crippen LogP contribution in [0.1, 0.15) is 24.3 Å². The van der Waals surface area contributed by atoms with Gasteiger partial charge >= 0.3 is 5.97 Å². The fraction of sp³-hybridized carbons (Fsp3) is 0.385. The molecule has 0 heterocycles. The van der Waals surface area contributed by atoms with Gasteiger partial charge in [0.25, 0.3) is 0 Å². The zero-order valence-corrected chi connectivity index (χ0v) is 10.0. The van der Waals surface area contributed by atoms with Gasteiger partial charge in [-0.3, -0.25) is 9.59 Å². The van der Waals surface area contributed by atoms with Crippen LogP contribution in [0.5, 0.6) is 0 Å². The van der Waals surface area contributed by atoms with Gasteiger partial charge in [0.2, 0.25) is 5.91 Å². The maximum absolute atomic E-state index is 13.5. The number of carboxylic acid groups (broad SMARTS) is 1. The van der Waals surface area contributed by atoms with Gasteiger partial charge in [0.15, 0.2) is 0 Å². The lowest BCUT2D eigenvalue weighted by Gasteiger charge is -2.04. The number of benzene rings is 1. The molecule has 4 nitrogen and oxygen atoms in total. The van der Waals surface area contributed by atoms with Crippen LogP contribution in [0.4, 0.5) is 8.78 Å². The summed E-state index contributed by atoms with van der Waals surface area (Å²) >= 11 is 0. The minimum Gasteiger partial charge on any atom is -0.481 e. The van der Waals surface area contributed by atoms with E-state index in [-0.39, 0.29) is 30.7 Å². The first-order chi connectivity index (χ1) is 8.99. The normalized spacial score (nSPS) is 20.9. The van der Waals surface area contributed by atoms with Crippen LogP contribution in [0.25, 0.3) is 0 Å². The fourth-order valence-electron chi connectivity index (χ4n) is 2.05. The first-order valence-electron chi connectivity index (χ1n) is 5.93. The SMILES string of the molecule is O=C(O)CCNC(=O)[C@@H]1C[C@@H]1c1ccc(F)cc1F. The third-order valence-corrected chi connectivity index (χ3v) is 3.13. The number of halogens is 2. The second-order valence-electron chi connectivity index (χ2n) is 4.55. The molecular formula is C13H13F2NO3. The van der Waals surface area contributed by atoms with Gasteiger partial charge in [-0.2, -0.15) is 0 Å². The third kappa shape index (κ3) is 3.27. The first kappa shape index (κ1) is 13.5. The van der Waals surface area contributed by atoms with Crippen molar-refractivity contribution in [3.63, 3.8) is 0 Å². The van der Waals surface area contributed by atoms with Crippen molar-refractivity contribution in [2.24, 2.45) is 5.92 Å². The zero-order chi connectivity index (χ0) is 14.0. The second-order valence-corrected chi connectivity index (χ2v) is 4.55. The Morgan fingerprint density at radius 1 is 1.37 bits per heavy atom. The molecule has 2 rings (SSSR count). The molecule has 2 atom stereocenters. The van der Waals surface area contributed by atoms with Crippen LogP contribution in [-0.4, -0.2) is 23.5 Å². The van der Waals surface area contributed by atoms with E-state index >= 15 is 0 Å². The number of carbonyl (C=O) groups is 2. The summed E-state index contributed by atoms with van der Waals surface area (Å²) in [4.78, 5) is 21.9. The maximum atomic E-state index is 13.5. The standard InChI is InChI=1S/C13H13F2NO3/c14-7-1-2-8(11(15)5-7)9-6-10(9)13(19)16-4-3-12(17)18/h1-2,5,9-10H,3-4,6H2,(H,16,19)(H,17,18)/t9-,10-/m1/s1. The van der Waals surface area contributed by atoms with Gasteiger partial charge in [-0.25, -0.2) is 8.78 Å². The summed E-state index contributed by atoms with van der Waals surface area (Å²) < 4.78 is 26.2. The van der Waals surface area contributed by atoms with Gasteiger partial charge in [0.05, 0.1) is 6.42 Å².